The Hall–Kier alpha value is -3.39. The SMILES string of the molecule is COc1ccc(CC(NC(=O)[C@H](O)CCN)C(=O)N[C@@H](CC2=CN(CC3CCCCC3)CN2C2CC2)C(=O)NC[C@H](O)CO)cc1. The first-order valence-electron chi connectivity index (χ1n) is 16.6. The summed E-state index contributed by atoms with van der Waals surface area (Å²) in [7, 11) is 1.55. The summed E-state index contributed by atoms with van der Waals surface area (Å²) < 4.78 is 5.23. The molecular formula is C33H52N6O7. The second kappa shape index (κ2) is 17.5. The fraction of sp³-hybridized carbons (Fsp3) is 0.667. The number of benzene rings is 1. The van der Waals surface area contributed by atoms with Crippen LogP contribution in [-0.4, -0.2) is 113 Å². The van der Waals surface area contributed by atoms with Crippen molar-refractivity contribution in [1.29, 1.82) is 0 Å². The summed E-state index contributed by atoms with van der Waals surface area (Å²) in [4.78, 5) is 44.8. The second-order valence-corrected chi connectivity index (χ2v) is 12.8. The molecule has 1 aromatic rings. The van der Waals surface area contributed by atoms with Crippen LogP contribution < -0.4 is 26.4 Å². The molecule has 0 bridgehead atoms. The predicted molar refractivity (Wildman–Crippen MR) is 172 cm³/mol. The molecule has 2 aliphatic carbocycles. The van der Waals surface area contributed by atoms with Gasteiger partial charge in [-0.25, -0.2) is 0 Å². The van der Waals surface area contributed by atoms with Crippen molar-refractivity contribution in [2.75, 3.05) is 40.0 Å². The highest BCUT2D eigenvalue weighted by Gasteiger charge is 2.38. The highest BCUT2D eigenvalue weighted by molar-refractivity contribution is 5.93. The van der Waals surface area contributed by atoms with E-state index < -0.39 is 48.6 Å². The third kappa shape index (κ3) is 10.6. The van der Waals surface area contributed by atoms with Gasteiger partial charge in [0.25, 0.3) is 0 Å². The van der Waals surface area contributed by atoms with Crippen LogP contribution in [0, 0.1) is 5.92 Å². The van der Waals surface area contributed by atoms with Crippen LogP contribution in [0.2, 0.25) is 0 Å². The van der Waals surface area contributed by atoms with Crippen LogP contribution in [0.15, 0.2) is 36.2 Å². The number of amides is 3. The van der Waals surface area contributed by atoms with Gasteiger partial charge in [0.05, 0.1) is 26.5 Å². The number of hydrogen-bond acceptors (Lipinski definition) is 10. The van der Waals surface area contributed by atoms with Crippen molar-refractivity contribution in [2.45, 2.75) is 94.5 Å². The molecule has 0 aromatic heterocycles. The van der Waals surface area contributed by atoms with Crippen molar-refractivity contribution in [3.8, 4) is 5.75 Å². The number of methoxy groups -OCH3 is 1. The number of aliphatic hydroxyl groups excluding tert-OH is 3. The zero-order chi connectivity index (χ0) is 33.1. The summed E-state index contributed by atoms with van der Waals surface area (Å²) in [5, 5.41) is 37.6. The van der Waals surface area contributed by atoms with Gasteiger partial charge in [0.15, 0.2) is 0 Å². The lowest BCUT2D eigenvalue weighted by Gasteiger charge is -2.29. The van der Waals surface area contributed by atoms with Crippen LogP contribution in [-0.2, 0) is 20.8 Å². The maximum atomic E-state index is 13.9. The number of nitrogens with two attached hydrogens (primary N) is 1. The van der Waals surface area contributed by atoms with E-state index in [1.54, 1.807) is 31.4 Å². The lowest BCUT2D eigenvalue weighted by molar-refractivity contribution is -0.135. The summed E-state index contributed by atoms with van der Waals surface area (Å²) in [6.07, 6.45) is 8.31. The Balaban J connectivity index is 1.53. The Morgan fingerprint density at radius 1 is 0.957 bits per heavy atom. The second-order valence-electron chi connectivity index (χ2n) is 12.8. The van der Waals surface area contributed by atoms with E-state index in [4.69, 9.17) is 10.5 Å². The van der Waals surface area contributed by atoms with E-state index in [1.807, 2.05) is 0 Å². The molecular weight excluding hydrogens is 592 g/mol. The van der Waals surface area contributed by atoms with Crippen molar-refractivity contribution in [2.24, 2.45) is 11.7 Å². The molecule has 4 atom stereocenters. The van der Waals surface area contributed by atoms with Crippen molar-refractivity contribution in [3.63, 3.8) is 0 Å². The largest absolute Gasteiger partial charge is 0.497 e. The Bertz CT molecular complexity index is 1170. The first-order chi connectivity index (χ1) is 22.2. The molecule has 4 rings (SSSR count). The van der Waals surface area contributed by atoms with E-state index in [-0.39, 0.29) is 32.4 Å². The number of carbonyl (C=O) groups excluding carboxylic acids is 3. The average molecular weight is 645 g/mol. The molecule has 0 saturated heterocycles. The summed E-state index contributed by atoms with van der Waals surface area (Å²) in [6.45, 7) is 1.10. The smallest absolute Gasteiger partial charge is 0.249 e. The minimum atomic E-state index is -1.39. The van der Waals surface area contributed by atoms with Gasteiger partial charge in [0.1, 0.15) is 23.9 Å². The molecule has 1 heterocycles. The molecule has 13 nitrogen and oxygen atoms in total. The third-order valence-electron chi connectivity index (χ3n) is 8.98. The fourth-order valence-electron chi connectivity index (χ4n) is 6.19. The maximum absolute atomic E-state index is 13.9. The van der Waals surface area contributed by atoms with Crippen LogP contribution in [0.4, 0.5) is 0 Å². The van der Waals surface area contributed by atoms with Gasteiger partial charge in [-0.05, 0) is 62.3 Å². The zero-order valence-electron chi connectivity index (χ0n) is 26.9. The van der Waals surface area contributed by atoms with Gasteiger partial charge in [-0.15, -0.1) is 0 Å². The minimum Gasteiger partial charge on any atom is -0.497 e. The topological polar surface area (TPSA) is 190 Å². The highest BCUT2D eigenvalue weighted by atomic mass is 16.5. The van der Waals surface area contributed by atoms with E-state index >= 15 is 0 Å². The van der Waals surface area contributed by atoms with Crippen LogP contribution in [0.25, 0.3) is 0 Å². The molecule has 8 N–H and O–H groups in total. The number of hydrogen-bond donors (Lipinski definition) is 7. The average Bonchev–Trinajstić information content (AvgIpc) is 3.84. The molecule has 13 heteroatoms. The van der Waals surface area contributed by atoms with Gasteiger partial charge in [0.2, 0.25) is 17.7 Å². The van der Waals surface area contributed by atoms with Gasteiger partial charge in [0, 0.05) is 43.9 Å². The molecule has 0 spiro atoms. The Morgan fingerprint density at radius 2 is 1.63 bits per heavy atom. The van der Waals surface area contributed by atoms with Crippen LogP contribution in [0.5, 0.6) is 5.75 Å². The van der Waals surface area contributed by atoms with E-state index in [2.05, 4.69) is 32.0 Å². The van der Waals surface area contributed by atoms with Crippen molar-refractivity contribution in [1.82, 2.24) is 25.8 Å². The molecule has 1 aromatic carbocycles. The lowest BCUT2D eigenvalue weighted by atomic mass is 9.89. The number of aliphatic hydroxyl groups is 3. The molecule has 2 saturated carbocycles. The Labute approximate surface area is 271 Å². The molecule has 0 radical (unpaired) electrons. The minimum absolute atomic E-state index is 0.0312. The van der Waals surface area contributed by atoms with E-state index in [9.17, 15) is 29.7 Å². The third-order valence-corrected chi connectivity index (χ3v) is 8.98. The molecule has 46 heavy (non-hydrogen) atoms. The normalized spacial score (nSPS) is 19.5. The van der Waals surface area contributed by atoms with Crippen LogP contribution in [0.3, 0.4) is 0 Å². The van der Waals surface area contributed by atoms with E-state index in [0.29, 0.717) is 17.7 Å². The molecule has 1 unspecified atom stereocenters. The highest BCUT2D eigenvalue weighted by Crippen LogP contribution is 2.36. The van der Waals surface area contributed by atoms with Gasteiger partial charge in [-0.3, -0.25) is 14.4 Å². The maximum Gasteiger partial charge on any atom is 0.249 e. The summed E-state index contributed by atoms with van der Waals surface area (Å²) in [5.74, 6) is -0.566. The molecule has 256 valence electrons. The predicted octanol–water partition coefficient (Wildman–Crippen LogP) is -0.0643. The molecule has 3 aliphatic rings. The monoisotopic (exact) mass is 644 g/mol. The first kappa shape index (κ1) is 35.5. The van der Waals surface area contributed by atoms with Crippen LogP contribution >= 0.6 is 0 Å². The number of ether oxygens (including phenoxy) is 1. The number of carbonyl (C=O) groups is 3. The van der Waals surface area contributed by atoms with Crippen molar-refractivity contribution >= 4 is 17.7 Å². The number of nitrogens with one attached hydrogen (secondary N) is 3. The first-order valence-corrected chi connectivity index (χ1v) is 16.6. The zero-order valence-corrected chi connectivity index (χ0v) is 26.9. The van der Waals surface area contributed by atoms with Gasteiger partial charge in [-0.2, -0.15) is 0 Å². The van der Waals surface area contributed by atoms with Gasteiger partial charge in [-0.1, -0.05) is 31.4 Å². The van der Waals surface area contributed by atoms with Crippen LogP contribution in [0.1, 0.15) is 63.4 Å². The number of rotatable bonds is 18. The van der Waals surface area contributed by atoms with Gasteiger partial charge < -0.3 is 51.5 Å². The lowest BCUT2D eigenvalue weighted by Crippen LogP contribution is -2.56. The molecule has 3 amide bonds. The molecule has 1 aliphatic heterocycles. The summed E-state index contributed by atoms with van der Waals surface area (Å²) in [6, 6.07) is 5.31. The quantitative estimate of drug-likeness (QED) is 0.114. The Kier molecular flexibility index (Phi) is 13.5. The number of nitrogens with zero attached hydrogens (tertiary/aromatic N) is 2. The fourth-order valence-corrected chi connectivity index (χ4v) is 6.19. The summed E-state index contributed by atoms with van der Waals surface area (Å²) >= 11 is 0. The molecule has 2 fully saturated rings. The standard InChI is InChI=1S/C33H52N6O7/c1-46-27-11-7-22(8-12-27)15-28(37-33(45)30(42)13-14-34)32(44)36-29(31(43)35-17-26(41)20-40)16-25-19-38(21-39(25)24-9-10-24)18-23-5-3-2-4-6-23/h7-8,11-12,19,23-24,26,28-30,40-42H,2-6,9-10,13-18,20-21,34H2,1H3,(H,35,43)(H,36,44)(H,37,45)/t26-,28?,29-,30+/m0/s1. The van der Waals surface area contributed by atoms with Gasteiger partial charge >= 0.3 is 0 Å². The summed E-state index contributed by atoms with van der Waals surface area (Å²) in [5.41, 5.74) is 7.21. The van der Waals surface area contributed by atoms with E-state index in [1.165, 1.54) is 32.1 Å². The van der Waals surface area contributed by atoms with Crippen molar-refractivity contribution in [3.05, 3.63) is 41.7 Å². The van der Waals surface area contributed by atoms with Crippen molar-refractivity contribution < 1.29 is 34.4 Å². The van der Waals surface area contributed by atoms with E-state index in [0.717, 1.165) is 37.3 Å². The Morgan fingerprint density at radius 3 is 2.26 bits per heavy atom.